The van der Waals surface area contributed by atoms with Gasteiger partial charge in [0.25, 0.3) is 0 Å². The standard InChI is InChI=1S/C11H16N2S/c1-7-2-9-4-8(1)5-10(3-7)11(9)13-12-6-14-11/h6-10,13H,1-5H2. The molecular formula is C11H16N2S. The van der Waals surface area contributed by atoms with Gasteiger partial charge >= 0.3 is 0 Å². The highest BCUT2D eigenvalue weighted by Gasteiger charge is 2.58. The van der Waals surface area contributed by atoms with Crippen LogP contribution in [0.1, 0.15) is 32.1 Å². The van der Waals surface area contributed by atoms with E-state index in [2.05, 4.69) is 10.5 Å². The lowest BCUT2D eigenvalue weighted by molar-refractivity contribution is -0.0276. The average molecular weight is 208 g/mol. The Kier molecular flexibility index (Phi) is 1.43. The van der Waals surface area contributed by atoms with Gasteiger partial charge in [-0.25, -0.2) is 0 Å². The summed E-state index contributed by atoms with van der Waals surface area (Å²) >= 11 is 1.98. The van der Waals surface area contributed by atoms with Crippen LogP contribution in [-0.2, 0) is 0 Å². The van der Waals surface area contributed by atoms with E-state index in [-0.39, 0.29) is 0 Å². The molecule has 5 aliphatic rings. The monoisotopic (exact) mass is 208 g/mol. The van der Waals surface area contributed by atoms with E-state index in [1.165, 1.54) is 32.1 Å². The van der Waals surface area contributed by atoms with Crippen LogP contribution in [0.5, 0.6) is 0 Å². The van der Waals surface area contributed by atoms with E-state index >= 15 is 0 Å². The predicted octanol–water partition coefficient (Wildman–Crippen LogP) is 2.42. The summed E-state index contributed by atoms with van der Waals surface area (Å²) in [5.74, 6) is 3.94. The van der Waals surface area contributed by atoms with Crippen molar-refractivity contribution >= 4 is 17.3 Å². The first-order chi connectivity index (χ1) is 6.87. The molecule has 1 N–H and O–H groups in total. The molecule has 14 heavy (non-hydrogen) atoms. The molecule has 0 radical (unpaired) electrons. The van der Waals surface area contributed by atoms with Crippen LogP contribution in [0.3, 0.4) is 0 Å². The number of hydrogen-bond donors (Lipinski definition) is 1. The molecular weight excluding hydrogens is 192 g/mol. The third-order valence-electron chi connectivity index (χ3n) is 4.89. The molecule has 4 saturated carbocycles. The third kappa shape index (κ3) is 0.830. The predicted molar refractivity (Wildman–Crippen MR) is 59.0 cm³/mol. The van der Waals surface area contributed by atoms with Gasteiger partial charge < -0.3 is 0 Å². The van der Waals surface area contributed by atoms with E-state index in [9.17, 15) is 0 Å². The molecule has 0 unspecified atom stereocenters. The summed E-state index contributed by atoms with van der Waals surface area (Å²) < 4.78 is 0. The van der Waals surface area contributed by atoms with E-state index in [0.29, 0.717) is 4.87 Å². The first kappa shape index (κ1) is 8.03. The number of hydrogen-bond acceptors (Lipinski definition) is 3. The first-order valence-corrected chi connectivity index (χ1v) is 6.71. The molecule has 0 saturated heterocycles. The van der Waals surface area contributed by atoms with Crippen LogP contribution >= 0.6 is 11.8 Å². The molecule has 4 bridgehead atoms. The topological polar surface area (TPSA) is 24.4 Å². The molecule has 1 spiro atoms. The number of hydrazone groups is 1. The van der Waals surface area contributed by atoms with Crippen molar-refractivity contribution < 1.29 is 0 Å². The van der Waals surface area contributed by atoms with Gasteiger partial charge in [-0.2, -0.15) is 5.10 Å². The molecule has 1 heterocycles. The molecule has 4 aliphatic carbocycles. The molecule has 2 nitrogen and oxygen atoms in total. The van der Waals surface area contributed by atoms with Crippen LogP contribution in [0.25, 0.3) is 0 Å². The molecule has 1 aliphatic heterocycles. The molecule has 0 atom stereocenters. The van der Waals surface area contributed by atoms with Gasteiger partial charge in [0.1, 0.15) is 4.87 Å². The van der Waals surface area contributed by atoms with Crippen LogP contribution in [-0.4, -0.2) is 10.4 Å². The van der Waals surface area contributed by atoms with Gasteiger partial charge in [-0.15, -0.1) is 0 Å². The molecule has 4 fully saturated rings. The smallest absolute Gasteiger partial charge is 0.111 e. The summed E-state index contributed by atoms with van der Waals surface area (Å²) in [6, 6.07) is 0. The van der Waals surface area contributed by atoms with E-state index in [1.54, 1.807) is 0 Å². The van der Waals surface area contributed by atoms with Gasteiger partial charge in [0.2, 0.25) is 0 Å². The van der Waals surface area contributed by atoms with Crippen LogP contribution in [0.2, 0.25) is 0 Å². The second-order valence-corrected chi connectivity index (χ2v) is 6.68. The Labute approximate surface area is 88.9 Å². The fraction of sp³-hybridized carbons (Fsp3) is 0.909. The highest BCUT2D eigenvalue weighted by molar-refractivity contribution is 8.13. The molecule has 0 aromatic carbocycles. The second-order valence-electron chi connectivity index (χ2n) is 5.56. The van der Waals surface area contributed by atoms with Crippen molar-refractivity contribution in [1.29, 1.82) is 0 Å². The minimum Gasteiger partial charge on any atom is -0.292 e. The van der Waals surface area contributed by atoms with Crippen molar-refractivity contribution in [3.05, 3.63) is 0 Å². The normalized spacial score (nSPS) is 58.3. The Morgan fingerprint density at radius 2 is 1.71 bits per heavy atom. The maximum atomic E-state index is 4.27. The molecule has 0 aromatic heterocycles. The van der Waals surface area contributed by atoms with Gasteiger partial charge in [-0.3, -0.25) is 5.43 Å². The van der Waals surface area contributed by atoms with Crippen molar-refractivity contribution in [2.75, 3.05) is 0 Å². The Morgan fingerprint density at radius 1 is 1.07 bits per heavy atom. The van der Waals surface area contributed by atoms with Gasteiger partial charge in [0, 0.05) is 0 Å². The van der Waals surface area contributed by atoms with E-state index < -0.39 is 0 Å². The summed E-state index contributed by atoms with van der Waals surface area (Å²) in [5.41, 5.74) is 5.48. The summed E-state index contributed by atoms with van der Waals surface area (Å²) in [7, 11) is 0. The summed E-state index contributed by atoms with van der Waals surface area (Å²) in [4.78, 5) is 0.341. The Bertz CT molecular complexity index is 262. The Morgan fingerprint density at radius 3 is 2.21 bits per heavy atom. The van der Waals surface area contributed by atoms with Gasteiger partial charge in [-0.1, -0.05) is 11.8 Å². The van der Waals surface area contributed by atoms with Crippen molar-refractivity contribution in [3.8, 4) is 0 Å². The summed E-state index contributed by atoms with van der Waals surface area (Å²) in [6.07, 6.45) is 7.41. The highest BCUT2D eigenvalue weighted by atomic mass is 32.2. The van der Waals surface area contributed by atoms with Crippen molar-refractivity contribution in [2.24, 2.45) is 28.8 Å². The lowest BCUT2D eigenvalue weighted by Crippen LogP contribution is -2.60. The summed E-state index contributed by atoms with van der Waals surface area (Å²) in [5, 5.41) is 4.27. The number of rotatable bonds is 0. The lowest BCUT2D eigenvalue weighted by atomic mass is 9.54. The Hall–Kier alpha value is -0.180. The molecule has 0 amide bonds. The van der Waals surface area contributed by atoms with E-state index in [1.807, 2.05) is 17.3 Å². The summed E-state index contributed by atoms with van der Waals surface area (Å²) in [6.45, 7) is 0. The zero-order valence-electron chi connectivity index (χ0n) is 8.28. The van der Waals surface area contributed by atoms with Crippen LogP contribution in [0, 0.1) is 23.7 Å². The van der Waals surface area contributed by atoms with Crippen LogP contribution < -0.4 is 5.43 Å². The number of thioether (sulfide) groups is 1. The third-order valence-corrected chi connectivity index (χ3v) is 6.25. The minimum atomic E-state index is 0.341. The average Bonchev–Trinajstić information content (AvgIpc) is 2.63. The lowest BCUT2D eigenvalue weighted by Gasteiger charge is -2.58. The van der Waals surface area contributed by atoms with Gasteiger partial charge in [0.15, 0.2) is 0 Å². The highest BCUT2D eigenvalue weighted by Crippen LogP contribution is 2.62. The van der Waals surface area contributed by atoms with Crippen molar-refractivity contribution in [1.82, 2.24) is 5.43 Å². The largest absolute Gasteiger partial charge is 0.292 e. The molecule has 76 valence electrons. The second kappa shape index (κ2) is 2.49. The van der Waals surface area contributed by atoms with Gasteiger partial charge in [0.05, 0.1) is 5.55 Å². The molecule has 0 aromatic rings. The van der Waals surface area contributed by atoms with Crippen molar-refractivity contribution in [2.45, 2.75) is 37.0 Å². The maximum Gasteiger partial charge on any atom is 0.111 e. The Balaban J connectivity index is 1.74. The minimum absolute atomic E-state index is 0.341. The zero-order valence-corrected chi connectivity index (χ0v) is 9.09. The quantitative estimate of drug-likeness (QED) is 0.661. The SMILES string of the molecule is C1=NNC2(S1)C1CC3CC(C1)CC2C3. The van der Waals surface area contributed by atoms with Gasteiger partial charge in [-0.05, 0) is 55.8 Å². The van der Waals surface area contributed by atoms with E-state index in [0.717, 1.165) is 23.7 Å². The van der Waals surface area contributed by atoms with Crippen LogP contribution in [0.4, 0.5) is 0 Å². The fourth-order valence-corrected chi connectivity index (χ4v) is 5.68. The van der Waals surface area contributed by atoms with Crippen molar-refractivity contribution in [3.63, 3.8) is 0 Å². The molecule has 3 heteroatoms. The molecule has 5 rings (SSSR count). The van der Waals surface area contributed by atoms with Crippen LogP contribution in [0.15, 0.2) is 5.10 Å². The fourth-order valence-electron chi connectivity index (χ4n) is 4.53. The maximum absolute atomic E-state index is 4.27. The first-order valence-electron chi connectivity index (χ1n) is 5.83. The zero-order chi connectivity index (χ0) is 9.17. The number of nitrogens with zero attached hydrogens (tertiary/aromatic N) is 1. The van der Waals surface area contributed by atoms with E-state index in [4.69, 9.17) is 0 Å². The number of nitrogens with one attached hydrogen (secondary N) is 1.